The molecular weight excluding hydrogens is 628 g/mol. The topological polar surface area (TPSA) is 58.4 Å². The number of hydrogen-bond donors (Lipinski definition) is 0. The number of aromatic nitrogens is 2. The van der Waals surface area contributed by atoms with Crippen LogP contribution in [0.4, 0.5) is 17.6 Å². The second-order valence-corrected chi connectivity index (χ2v) is 11.3. The van der Waals surface area contributed by atoms with Crippen LogP contribution in [0.2, 0.25) is 0 Å². The molecule has 0 atom stereocenters. The summed E-state index contributed by atoms with van der Waals surface area (Å²) in [5.41, 5.74) is -1.34. The van der Waals surface area contributed by atoms with Crippen molar-refractivity contribution in [2.45, 2.75) is 63.2 Å². The largest absolute Gasteiger partial charge is 0.416 e. The fourth-order valence-corrected chi connectivity index (χ4v) is 5.76. The van der Waals surface area contributed by atoms with Crippen LogP contribution in [0.15, 0.2) is 82.7 Å². The van der Waals surface area contributed by atoms with Gasteiger partial charge in [-0.05, 0) is 78.7 Å². The molecule has 3 aromatic carbocycles. The summed E-state index contributed by atoms with van der Waals surface area (Å²) in [5.74, 6) is -3.44. The summed E-state index contributed by atoms with van der Waals surface area (Å²) in [7, 11) is 0. The SMILES string of the molecule is [2H]c1c([2H])c(CSc2nc(=O)c3c(n2C([2H])([2H])C(=O)N(CCN(C([2H])([2H])C)C([2H])([2H])C)C([2H])([2H])c2ccc(-c4ccc(C(F)(F)F)cc4)cc2)CCC3)c([2H])c([2H])c1F. The molecule has 5 rings (SSSR count). The summed E-state index contributed by atoms with van der Waals surface area (Å²) in [6.45, 7) is -10.3. The number of nitrogens with zero attached hydrogens (tertiary/aromatic N) is 4. The second kappa shape index (κ2) is 15.3. The lowest BCUT2D eigenvalue weighted by atomic mass is 10.0. The number of amides is 1. The number of likely N-dealkylation sites (N-methyl/N-ethyl adjacent to an activating group) is 1. The monoisotopic (exact) mass is 678 g/mol. The molecule has 1 aromatic heterocycles. The molecule has 0 saturated heterocycles. The van der Waals surface area contributed by atoms with E-state index in [4.69, 9.17) is 11.0 Å². The van der Waals surface area contributed by atoms with Crippen molar-refractivity contribution in [3.05, 3.63) is 117 Å². The predicted octanol–water partition coefficient (Wildman–Crippen LogP) is 7.22. The van der Waals surface area contributed by atoms with Gasteiger partial charge in [0.2, 0.25) is 5.91 Å². The first-order valence-electron chi connectivity index (χ1n) is 20.5. The van der Waals surface area contributed by atoms with Gasteiger partial charge in [-0.1, -0.05) is 74.1 Å². The second-order valence-electron chi connectivity index (χ2n) is 10.3. The minimum atomic E-state index is -4.58. The van der Waals surface area contributed by atoms with E-state index < -0.39 is 103 Å². The van der Waals surface area contributed by atoms with E-state index in [0.29, 0.717) is 39.1 Å². The summed E-state index contributed by atoms with van der Waals surface area (Å²) in [6.07, 6.45) is -3.99. The fraction of sp³-hybridized carbons (Fsp3) is 0.361. The minimum absolute atomic E-state index is 0.0438. The summed E-state index contributed by atoms with van der Waals surface area (Å²) in [6, 6.07) is 6.04. The highest BCUT2D eigenvalue weighted by Gasteiger charge is 2.30. The quantitative estimate of drug-likeness (QED) is 0.0850. The van der Waals surface area contributed by atoms with Gasteiger partial charge in [-0.2, -0.15) is 18.2 Å². The van der Waals surface area contributed by atoms with Crippen molar-refractivity contribution in [1.82, 2.24) is 19.4 Å². The van der Waals surface area contributed by atoms with Crippen LogP contribution in [0.5, 0.6) is 0 Å². The van der Waals surface area contributed by atoms with Crippen molar-refractivity contribution >= 4 is 17.7 Å². The smallest absolute Gasteiger partial charge is 0.336 e. The number of carbonyl (C=O) groups excluding carboxylic acids is 1. The first-order chi connectivity index (χ1) is 27.1. The summed E-state index contributed by atoms with van der Waals surface area (Å²) in [4.78, 5) is 33.1. The van der Waals surface area contributed by atoms with Crippen LogP contribution >= 0.6 is 11.8 Å². The molecular formula is C36H38F4N4O2S. The number of fused-ring (bicyclic) bond motifs is 1. The van der Waals surface area contributed by atoms with Crippen LogP contribution in [0.3, 0.4) is 0 Å². The van der Waals surface area contributed by atoms with E-state index in [0.717, 1.165) is 30.5 Å². The highest BCUT2D eigenvalue weighted by atomic mass is 32.2. The number of alkyl halides is 3. The molecule has 0 N–H and O–H groups in total. The standard InChI is InChI=1S/C36H38F4N4O2S/c1-3-42(4-2)20-21-43(22-25-8-12-27(13-9-25)28-14-16-29(17-15-28)36(38,39)40)33(45)23-44-32-7-5-6-31(32)34(46)41-35(44)47-24-26-10-18-30(37)19-11-26/h8-19H,3-7,20-24H2,1-2H3/i3D2,4D2,10D,11D,18D,19D,22D2,23D2. The van der Waals surface area contributed by atoms with E-state index in [1.807, 2.05) is 0 Å². The molecule has 4 aromatic rings. The molecule has 0 radical (unpaired) electrons. The third kappa shape index (κ3) is 8.70. The number of carbonyl (C=O) groups is 1. The van der Waals surface area contributed by atoms with Crippen LogP contribution in [0.1, 0.15) is 64.7 Å². The zero-order valence-corrected chi connectivity index (χ0v) is 26.2. The Labute approximate surface area is 293 Å². The van der Waals surface area contributed by atoms with Gasteiger partial charge in [0.25, 0.3) is 5.56 Å². The van der Waals surface area contributed by atoms with Gasteiger partial charge in [0.15, 0.2) is 5.16 Å². The summed E-state index contributed by atoms with van der Waals surface area (Å²) >= 11 is 0.567. The van der Waals surface area contributed by atoms with Gasteiger partial charge in [-0.25, -0.2) is 4.39 Å². The summed E-state index contributed by atoms with van der Waals surface area (Å²) < 4.78 is 157. The van der Waals surface area contributed by atoms with Crippen molar-refractivity contribution in [2.75, 3.05) is 26.1 Å². The highest BCUT2D eigenvalue weighted by molar-refractivity contribution is 7.98. The molecule has 1 aliphatic rings. The van der Waals surface area contributed by atoms with E-state index in [-0.39, 0.29) is 35.2 Å². The number of halogens is 4. The molecule has 0 spiro atoms. The Morgan fingerprint density at radius 2 is 1.60 bits per heavy atom. The van der Waals surface area contributed by atoms with Gasteiger partial charge in [0.05, 0.1) is 16.5 Å². The van der Waals surface area contributed by atoms with Gasteiger partial charge in [-0.15, -0.1) is 0 Å². The highest BCUT2D eigenvalue weighted by Crippen LogP contribution is 2.31. The normalized spacial score (nSPS) is 17.8. The van der Waals surface area contributed by atoms with Gasteiger partial charge >= 0.3 is 6.18 Å². The molecule has 1 heterocycles. The fourth-order valence-electron chi connectivity index (χ4n) is 4.91. The van der Waals surface area contributed by atoms with Crippen molar-refractivity contribution in [3.8, 4) is 11.1 Å². The number of thioether (sulfide) groups is 1. The maximum absolute atomic E-state index is 14.8. The zero-order valence-electron chi connectivity index (χ0n) is 37.4. The van der Waals surface area contributed by atoms with Crippen molar-refractivity contribution in [2.24, 2.45) is 0 Å². The Hall–Kier alpha value is -3.96. The average Bonchev–Trinajstić information content (AvgIpc) is 3.63. The van der Waals surface area contributed by atoms with Crippen LogP contribution in [-0.4, -0.2) is 51.3 Å². The maximum atomic E-state index is 14.8. The maximum Gasteiger partial charge on any atom is 0.416 e. The first-order valence-corrected chi connectivity index (χ1v) is 15.5. The third-order valence-corrected chi connectivity index (χ3v) is 8.30. The minimum Gasteiger partial charge on any atom is -0.336 e. The van der Waals surface area contributed by atoms with Crippen LogP contribution in [0.25, 0.3) is 11.1 Å². The average molecular weight is 679 g/mol. The molecule has 0 aliphatic heterocycles. The molecule has 47 heavy (non-hydrogen) atoms. The lowest BCUT2D eigenvalue weighted by molar-refractivity contribution is -0.137. The van der Waals surface area contributed by atoms with E-state index in [1.54, 1.807) is 0 Å². The van der Waals surface area contributed by atoms with E-state index in [9.17, 15) is 32.6 Å². The Morgan fingerprint density at radius 1 is 0.957 bits per heavy atom. The van der Waals surface area contributed by atoms with Crippen molar-refractivity contribution in [3.63, 3.8) is 0 Å². The Morgan fingerprint density at radius 3 is 2.21 bits per heavy atom. The van der Waals surface area contributed by atoms with Crippen molar-refractivity contribution in [1.29, 1.82) is 0 Å². The van der Waals surface area contributed by atoms with Gasteiger partial charge in [0, 0.05) is 42.1 Å². The van der Waals surface area contributed by atoms with Gasteiger partial charge in [0.1, 0.15) is 12.3 Å². The molecule has 0 fully saturated rings. The van der Waals surface area contributed by atoms with E-state index >= 15 is 0 Å². The van der Waals surface area contributed by atoms with Gasteiger partial charge in [-0.3, -0.25) is 9.59 Å². The zero-order chi connectivity index (χ0) is 44.2. The molecule has 0 saturated carbocycles. The van der Waals surface area contributed by atoms with Gasteiger partial charge < -0.3 is 14.4 Å². The number of rotatable bonds is 13. The molecule has 0 bridgehead atoms. The van der Waals surface area contributed by atoms with Crippen LogP contribution in [-0.2, 0) is 42.6 Å². The van der Waals surface area contributed by atoms with E-state index in [2.05, 4.69) is 4.98 Å². The number of benzene rings is 3. The molecule has 1 amide bonds. The lowest BCUT2D eigenvalue weighted by Gasteiger charge is -2.28. The van der Waals surface area contributed by atoms with Crippen LogP contribution in [0, 0.1) is 5.82 Å². The molecule has 0 unspecified atom stereocenters. The molecule has 11 heteroatoms. The number of hydrogen-bond acceptors (Lipinski definition) is 5. The summed E-state index contributed by atoms with van der Waals surface area (Å²) in [5, 5.41) is -0.451. The predicted molar refractivity (Wildman–Crippen MR) is 177 cm³/mol. The van der Waals surface area contributed by atoms with Crippen molar-refractivity contribution < 1.29 is 38.8 Å². The van der Waals surface area contributed by atoms with E-state index in [1.165, 1.54) is 36.4 Å². The third-order valence-electron chi connectivity index (χ3n) is 7.33. The van der Waals surface area contributed by atoms with Crippen LogP contribution < -0.4 is 5.56 Å². The molecule has 248 valence electrons. The lowest BCUT2D eigenvalue weighted by Crippen LogP contribution is -2.40. The Balaban J connectivity index is 1.61. The first kappa shape index (κ1) is 21.8. The molecule has 6 nitrogen and oxygen atoms in total. The molecule has 1 aliphatic carbocycles. The Kier molecular flexibility index (Phi) is 7.10. The Bertz CT molecular complexity index is 2260.